The number of rotatable bonds is 7. The molecule has 0 aliphatic heterocycles. The average molecular weight is 268 g/mol. The van der Waals surface area contributed by atoms with Gasteiger partial charge in [-0.15, -0.1) is 0 Å². The molecule has 0 heterocycles. The molecule has 102 valence electrons. The minimum Gasteiger partial charge on any atom is -0.497 e. The van der Waals surface area contributed by atoms with E-state index in [1.807, 2.05) is 23.9 Å². The van der Waals surface area contributed by atoms with E-state index in [1.165, 1.54) is 0 Å². The van der Waals surface area contributed by atoms with Crippen molar-refractivity contribution in [3.05, 3.63) is 23.8 Å². The van der Waals surface area contributed by atoms with Crippen molar-refractivity contribution in [1.82, 2.24) is 4.90 Å². The lowest BCUT2D eigenvalue weighted by Crippen LogP contribution is -2.32. The molecule has 0 fully saturated rings. The minimum absolute atomic E-state index is 0.599. The number of hydrogen-bond donors (Lipinski definition) is 1. The maximum absolute atomic E-state index is 6.05. The summed E-state index contributed by atoms with van der Waals surface area (Å²) >= 11 is 1.89. The van der Waals surface area contributed by atoms with Gasteiger partial charge in [0, 0.05) is 30.1 Å². The molecule has 0 radical (unpaired) electrons. The first-order valence-electron chi connectivity index (χ1n) is 6.23. The van der Waals surface area contributed by atoms with Crippen LogP contribution in [0.4, 0.5) is 5.69 Å². The van der Waals surface area contributed by atoms with Crippen molar-refractivity contribution in [3.8, 4) is 5.75 Å². The van der Waals surface area contributed by atoms with Crippen molar-refractivity contribution in [2.75, 3.05) is 31.9 Å². The van der Waals surface area contributed by atoms with Crippen LogP contribution in [0.3, 0.4) is 0 Å². The largest absolute Gasteiger partial charge is 0.497 e. The molecular formula is C14H24N2OS. The second-order valence-corrected chi connectivity index (χ2v) is 5.41. The number of anilines is 1. The van der Waals surface area contributed by atoms with Crippen LogP contribution in [0.15, 0.2) is 18.2 Å². The van der Waals surface area contributed by atoms with Crippen LogP contribution < -0.4 is 10.5 Å². The van der Waals surface area contributed by atoms with Crippen LogP contribution in [-0.4, -0.2) is 37.1 Å². The van der Waals surface area contributed by atoms with Crippen molar-refractivity contribution in [2.45, 2.75) is 25.9 Å². The zero-order valence-corrected chi connectivity index (χ0v) is 12.6. The summed E-state index contributed by atoms with van der Waals surface area (Å²) in [5.74, 6) is 1.97. The molecule has 0 aliphatic rings. The summed E-state index contributed by atoms with van der Waals surface area (Å²) in [6.45, 7) is 3.11. The summed E-state index contributed by atoms with van der Waals surface area (Å²) in [5, 5.41) is 0. The van der Waals surface area contributed by atoms with Gasteiger partial charge in [0.25, 0.3) is 0 Å². The molecule has 1 aromatic carbocycles. The van der Waals surface area contributed by atoms with E-state index in [0.717, 1.165) is 35.7 Å². The Kier molecular flexibility index (Phi) is 6.36. The third kappa shape index (κ3) is 4.10. The van der Waals surface area contributed by atoms with E-state index >= 15 is 0 Å². The van der Waals surface area contributed by atoms with Crippen LogP contribution in [-0.2, 0) is 6.54 Å². The summed E-state index contributed by atoms with van der Waals surface area (Å²) in [7, 11) is 3.82. The van der Waals surface area contributed by atoms with Crippen LogP contribution >= 0.6 is 11.8 Å². The summed E-state index contributed by atoms with van der Waals surface area (Å²) in [5.41, 5.74) is 8.02. The van der Waals surface area contributed by atoms with Gasteiger partial charge < -0.3 is 10.5 Å². The Morgan fingerprint density at radius 3 is 2.67 bits per heavy atom. The normalized spacial score (nSPS) is 12.7. The van der Waals surface area contributed by atoms with Crippen molar-refractivity contribution < 1.29 is 4.74 Å². The van der Waals surface area contributed by atoms with E-state index in [1.54, 1.807) is 7.11 Å². The van der Waals surface area contributed by atoms with Gasteiger partial charge in [-0.1, -0.05) is 13.0 Å². The predicted molar refractivity (Wildman–Crippen MR) is 81.3 cm³/mol. The molecule has 2 N–H and O–H groups in total. The highest BCUT2D eigenvalue weighted by Gasteiger charge is 2.13. The minimum atomic E-state index is 0.599. The lowest BCUT2D eigenvalue weighted by atomic mass is 10.1. The van der Waals surface area contributed by atoms with Crippen LogP contribution in [0.5, 0.6) is 5.75 Å². The van der Waals surface area contributed by atoms with Crippen LogP contribution in [0, 0.1) is 0 Å². The van der Waals surface area contributed by atoms with Gasteiger partial charge in [0.2, 0.25) is 0 Å². The van der Waals surface area contributed by atoms with Crippen LogP contribution in [0.2, 0.25) is 0 Å². The van der Waals surface area contributed by atoms with Crippen LogP contribution in [0.1, 0.15) is 18.9 Å². The molecular weight excluding hydrogens is 244 g/mol. The molecule has 18 heavy (non-hydrogen) atoms. The topological polar surface area (TPSA) is 38.5 Å². The number of nitrogen functional groups attached to an aromatic ring is 1. The number of benzene rings is 1. The fraction of sp³-hybridized carbons (Fsp3) is 0.571. The Morgan fingerprint density at radius 1 is 1.44 bits per heavy atom. The van der Waals surface area contributed by atoms with E-state index in [9.17, 15) is 0 Å². The molecule has 0 saturated carbocycles. The maximum atomic E-state index is 6.05. The third-order valence-corrected chi connectivity index (χ3v) is 3.94. The van der Waals surface area contributed by atoms with Gasteiger partial charge in [-0.3, -0.25) is 4.90 Å². The zero-order valence-electron chi connectivity index (χ0n) is 11.8. The molecule has 0 spiro atoms. The van der Waals surface area contributed by atoms with Crippen molar-refractivity contribution >= 4 is 17.4 Å². The van der Waals surface area contributed by atoms with E-state index in [2.05, 4.69) is 31.2 Å². The Bertz CT molecular complexity index is 371. The predicted octanol–water partition coefficient (Wildman–Crippen LogP) is 2.85. The monoisotopic (exact) mass is 268 g/mol. The van der Waals surface area contributed by atoms with Gasteiger partial charge in [-0.2, -0.15) is 11.8 Å². The quantitative estimate of drug-likeness (QED) is 0.772. The SMILES string of the molecule is CCC(CSC)N(C)Cc1ccc(OC)cc1N. The first kappa shape index (κ1) is 15.2. The van der Waals surface area contributed by atoms with Gasteiger partial charge in [0.1, 0.15) is 5.75 Å². The van der Waals surface area contributed by atoms with E-state index < -0.39 is 0 Å². The standard InChI is InChI=1S/C14H24N2OS/c1-5-12(10-18-4)16(2)9-11-6-7-13(17-3)8-14(11)15/h6-8,12H,5,9-10,15H2,1-4H3. The van der Waals surface area contributed by atoms with E-state index in [0.29, 0.717) is 6.04 Å². The highest BCUT2D eigenvalue weighted by molar-refractivity contribution is 7.98. The average Bonchev–Trinajstić information content (AvgIpc) is 2.38. The first-order chi connectivity index (χ1) is 8.62. The number of thioether (sulfide) groups is 1. The molecule has 0 bridgehead atoms. The molecule has 3 nitrogen and oxygen atoms in total. The highest BCUT2D eigenvalue weighted by Crippen LogP contribution is 2.22. The molecule has 0 amide bonds. The van der Waals surface area contributed by atoms with Crippen molar-refractivity contribution in [2.24, 2.45) is 0 Å². The third-order valence-electron chi connectivity index (χ3n) is 3.23. The van der Waals surface area contributed by atoms with Crippen molar-refractivity contribution in [3.63, 3.8) is 0 Å². The number of nitrogens with zero attached hydrogens (tertiary/aromatic N) is 1. The molecule has 1 atom stereocenters. The lowest BCUT2D eigenvalue weighted by Gasteiger charge is -2.27. The Morgan fingerprint density at radius 2 is 2.17 bits per heavy atom. The first-order valence-corrected chi connectivity index (χ1v) is 7.63. The summed E-state index contributed by atoms with van der Waals surface area (Å²) in [6.07, 6.45) is 3.31. The highest BCUT2D eigenvalue weighted by atomic mass is 32.2. The van der Waals surface area contributed by atoms with Gasteiger partial charge in [0.15, 0.2) is 0 Å². The number of methoxy groups -OCH3 is 1. The second kappa shape index (κ2) is 7.54. The number of hydrogen-bond acceptors (Lipinski definition) is 4. The fourth-order valence-electron chi connectivity index (χ4n) is 1.99. The Balaban J connectivity index is 2.71. The molecule has 0 aliphatic carbocycles. The Labute approximate surface area is 115 Å². The van der Waals surface area contributed by atoms with E-state index in [-0.39, 0.29) is 0 Å². The van der Waals surface area contributed by atoms with Crippen molar-refractivity contribution in [1.29, 1.82) is 0 Å². The fourth-order valence-corrected chi connectivity index (χ4v) is 2.87. The second-order valence-electron chi connectivity index (χ2n) is 4.50. The molecule has 0 saturated heterocycles. The molecule has 1 unspecified atom stereocenters. The molecule has 4 heteroatoms. The summed E-state index contributed by atoms with van der Waals surface area (Å²) < 4.78 is 5.17. The summed E-state index contributed by atoms with van der Waals surface area (Å²) in [4.78, 5) is 2.37. The van der Waals surface area contributed by atoms with Gasteiger partial charge in [-0.25, -0.2) is 0 Å². The zero-order chi connectivity index (χ0) is 13.5. The van der Waals surface area contributed by atoms with E-state index in [4.69, 9.17) is 10.5 Å². The molecule has 1 aromatic rings. The number of nitrogens with two attached hydrogens (primary N) is 1. The van der Waals surface area contributed by atoms with Gasteiger partial charge in [-0.05, 0) is 31.4 Å². The maximum Gasteiger partial charge on any atom is 0.120 e. The Hall–Kier alpha value is -0.870. The number of ether oxygens (including phenoxy) is 1. The van der Waals surface area contributed by atoms with Crippen LogP contribution in [0.25, 0.3) is 0 Å². The van der Waals surface area contributed by atoms with Gasteiger partial charge in [0.05, 0.1) is 7.11 Å². The van der Waals surface area contributed by atoms with Gasteiger partial charge >= 0.3 is 0 Å². The summed E-state index contributed by atoms with van der Waals surface area (Å²) in [6, 6.07) is 6.51. The smallest absolute Gasteiger partial charge is 0.120 e. The molecule has 1 rings (SSSR count). The lowest BCUT2D eigenvalue weighted by molar-refractivity contribution is 0.248. The molecule has 0 aromatic heterocycles.